The van der Waals surface area contributed by atoms with E-state index in [4.69, 9.17) is 10.5 Å². The summed E-state index contributed by atoms with van der Waals surface area (Å²) < 4.78 is 4.84. The zero-order chi connectivity index (χ0) is 10.3. The van der Waals surface area contributed by atoms with Crippen LogP contribution < -0.4 is 5.73 Å². The van der Waals surface area contributed by atoms with Crippen LogP contribution in [-0.4, -0.2) is 25.5 Å². The molecule has 0 aliphatic carbocycles. The highest BCUT2D eigenvalue weighted by atomic mass is 16.5. The average molecular weight is 185 g/mol. The molecule has 1 unspecified atom stereocenters. The van der Waals surface area contributed by atoms with Gasteiger partial charge in [0.2, 0.25) is 0 Å². The summed E-state index contributed by atoms with van der Waals surface area (Å²) >= 11 is 0. The molecule has 0 amide bonds. The molecule has 1 atom stereocenters. The molecule has 0 saturated heterocycles. The van der Waals surface area contributed by atoms with Crippen molar-refractivity contribution in [3.63, 3.8) is 0 Å². The zero-order valence-corrected chi connectivity index (χ0v) is 8.51. The molecular weight excluding hydrogens is 166 g/mol. The summed E-state index contributed by atoms with van der Waals surface area (Å²) in [5.74, 6) is 0.0973. The fourth-order valence-corrected chi connectivity index (χ4v) is 0.928. The van der Waals surface area contributed by atoms with Crippen molar-refractivity contribution in [1.29, 1.82) is 0 Å². The predicted molar refractivity (Wildman–Crippen MR) is 53.5 cm³/mol. The van der Waals surface area contributed by atoms with Crippen LogP contribution in [0.1, 0.15) is 26.2 Å². The third-order valence-electron chi connectivity index (χ3n) is 1.84. The molecule has 13 heavy (non-hydrogen) atoms. The Kier molecular flexibility index (Phi) is 6.45. The molecule has 0 aromatic rings. The third kappa shape index (κ3) is 6.49. The van der Waals surface area contributed by atoms with E-state index in [9.17, 15) is 4.79 Å². The van der Waals surface area contributed by atoms with Crippen LogP contribution >= 0.6 is 0 Å². The summed E-state index contributed by atoms with van der Waals surface area (Å²) in [7, 11) is 1.60. The average Bonchev–Trinajstić information content (AvgIpc) is 2.10. The first-order valence-corrected chi connectivity index (χ1v) is 4.49. The van der Waals surface area contributed by atoms with Gasteiger partial charge in [-0.25, -0.2) is 0 Å². The van der Waals surface area contributed by atoms with Gasteiger partial charge in [0.15, 0.2) is 0 Å². The van der Waals surface area contributed by atoms with E-state index in [1.54, 1.807) is 7.11 Å². The first kappa shape index (κ1) is 12.3. The maximum atomic E-state index is 11.3. The Bertz CT molecular complexity index is 178. The molecule has 3 heteroatoms. The standard InChI is InChI=1S/C10H19NO2/c1-8(2)4-5-10(12)9(11)6-7-13-3/h9H,1,4-7,11H2,2-3H3. The Hall–Kier alpha value is -0.670. The van der Waals surface area contributed by atoms with E-state index in [0.717, 1.165) is 12.0 Å². The topological polar surface area (TPSA) is 52.3 Å². The Balaban J connectivity index is 3.63. The number of nitrogens with two attached hydrogens (primary N) is 1. The van der Waals surface area contributed by atoms with Gasteiger partial charge in [-0.3, -0.25) is 4.79 Å². The van der Waals surface area contributed by atoms with Gasteiger partial charge in [0, 0.05) is 20.1 Å². The molecule has 0 aliphatic rings. The minimum Gasteiger partial charge on any atom is -0.385 e. The molecule has 2 N–H and O–H groups in total. The molecule has 0 radical (unpaired) electrons. The zero-order valence-electron chi connectivity index (χ0n) is 8.51. The van der Waals surface area contributed by atoms with Crippen LogP contribution in [0, 0.1) is 0 Å². The molecule has 0 bridgehead atoms. The normalized spacial score (nSPS) is 12.5. The van der Waals surface area contributed by atoms with E-state index in [2.05, 4.69) is 6.58 Å². The fourth-order valence-electron chi connectivity index (χ4n) is 0.928. The summed E-state index contributed by atoms with van der Waals surface area (Å²) in [5, 5.41) is 0. The molecule has 0 fully saturated rings. The van der Waals surface area contributed by atoms with Crippen molar-refractivity contribution in [2.24, 2.45) is 5.73 Å². The predicted octanol–water partition coefficient (Wildman–Crippen LogP) is 1.28. The van der Waals surface area contributed by atoms with Crippen molar-refractivity contribution in [1.82, 2.24) is 0 Å². The highest BCUT2D eigenvalue weighted by molar-refractivity contribution is 5.83. The molecule has 0 spiro atoms. The lowest BCUT2D eigenvalue weighted by Crippen LogP contribution is -2.31. The maximum Gasteiger partial charge on any atom is 0.149 e. The number of ether oxygens (including phenoxy) is 1. The molecule has 0 aromatic carbocycles. The Labute approximate surface area is 79.9 Å². The van der Waals surface area contributed by atoms with Gasteiger partial charge in [0.25, 0.3) is 0 Å². The second kappa shape index (κ2) is 6.80. The summed E-state index contributed by atoms with van der Waals surface area (Å²) in [6.45, 7) is 6.18. The largest absolute Gasteiger partial charge is 0.385 e. The molecule has 0 aliphatic heterocycles. The van der Waals surface area contributed by atoms with E-state index in [0.29, 0.717) is 19.4 Å². The molecule has 0 rings (SSSR count). The Morgan fingerprint density at radius 2 is 2.15 bits per heavy atom. The van der Waals surface area contributed by atoms with Gasteiger partial charge in [0.05, 0.1) is 6.04 Å². The highest BCUT2D eigenvalue weighted by Crippen LogP contribution is 2.04. The van der Waals surface area contributed by atoms with Crippen LogP contribution in [0.3, 0.4) is 0 Å². The number of allylic oxidation sites excluding steroid dienone is 1. The maximum absolute atomic E-state index is 11.3. The van der Waals surface area contributed by atoms with E-state index < -0.39 is 0 Å². The van der Waals surface area contributed by atoms with Gasteiger partial charge in [-0.1, -0.05) is 5.57 Å². The minimum absolute atomic E-state index is 0.0973. The monoisotopic (exact) mass is 185 g/mol. The van der Waals surface area contributed by atoms with E-state index in [1.807, 2.05) is 6.92 Å². The smallest absolute Gasteiger partial charge is 0.149 e. The van der Waals surface area contributed by atoms with Crippen LogP contribution in [0.4, 0.5) is 0 Å². The van der Waals surface area contributed by atoms with E-state index >= 15 is 0 Å². The number of carbonyl (C=O) groups excluding carboxylic acids is 1. The lowest BCUT2D eigenvalue weighted by molar-refractivity contribution is -0.120. The number of hydrogen-bond donors (Lipinski definition) is 1. The first-order chi connectivity index (χ1) is 6.07. The summed E-state index contributed by atoms with van der Waals surface area (Å²) in [6, 6.07) is -0.376. The summed E-state index contributed by atoms with van der Waals surface area (Å²) in [5.41, 5.74) is 6.65. The molecule has 0 heterocycles. The van der Waals surface area contributed by atoms with Crippen LogP contribution in [0.5, 0.6) is 0 Å². The number of hydrogen-bond acceptors (Lipinski definition) is 3. The van der Waals surface area contributed by atoms with Gasteiger partial charge in [-0.05, 0) is 19.8 Å². The minimum atomic E-state index is -0.376. The second-order valence-corrected chi connectivity index (χ2v) is 3.31. The lowest BCUT2D eigenvalue weighted by Gasteiger charge is -2.09. The van der Waals surface area contributed by atoms with Crippen molar-refractivity contribution in [3.8, 4) is 0 Å². The lowest BCUT2D eigenvalue weighted by atomic mass is 10.0. The van der Waals surface area contributed by atoms with Crippen molar-refractivity contribution < 1.29 is 9.53 Å². The second-order valence-electron chi connectivity index (χ2n) is 3.31. The fraction of sp³-hybridized carbons (Fsp3) is 0.700. The summed E-state index contributed by atoms with van der Waals surface area (Å²) in [4.78, 5) is 11.3. The van der Waals surface area contributed by atoms with Crippen molar-refractivity contribution in [2.75, 3.05) is 13.7 Å². The first-order valence-electron chi connectivity index (χ1n) is 4.49. The van der Waals surface area contributed by atoms with Gasteiger partial charge in [-0.15, -0.1) is 6.58 Å². The van der Waals surface area contributed by atoms with Crippen molar-refractivity contribution in [3.05, 3.63) is 12.2 Å². The van der Waals surface area contributed by atoms with E-state index in [-0.39, 0.29) is 11.8 Å². The number of methoxy groups -OCH3 is 1. The van der Waals surface area contributed by atoms with Gasteiger partial charge >= 0.3 is 0 Å². The van der Waals surface area contributed by atoms with Gasteiger partial charge < -0.3 is 10.5 Å². The molecule has 0 saturated carbocycles. The molecular formula is C10H19NO2. The van der Waals surface area contributed by atoms with Crippen molar-refractivity contribution >= 4 is 5.78 Å². The number of rotatable bonds is 7. The van der Waals surface area contributed by atoms with E-state index in [1.165, 1.54) is 0 Å². The van der Waals surface area contributed by atoms with Crippen LogP contribution in [0.2, 0.25) is 0 Å². The van der Waals surface area contributed by atoms with Gasteiger partial charge in [-0.2, -0.15) is 0 Å². The summed E-state index contributed by atoms with van der Waals surface area (Å²) in [6.07, 6.45) is 1.84. The van der Waals surface area contributed by atoms with Gasteiger partial charge in [0.1, 0.15) is 5.78 Å². The number of ketones is 1. The quantitative estimate of drug-likeness (QED) is 0.608. The van der Waals surface area contributed by atoms with Crippen molar-refractivity contribution in [2.45, 2.75) is 32.2 Å². The third-order valence-corrected chi connectivity index (χ3v) is 1.84. The van der Waals surface area contributed by atoms with Crippen LogP contribution in [0.25, 0.3) is 0 Å². The van der Waals surface area contributed by atoms with Crippen LogP contribution in [0.15, 0.2) is 12.2 Å². The van der Waals surface area contributed by atoms with Crippen LogP contribution in [-0.2, 0) is 9.53 Å². The SMILES string of the molecule is C=C(C)CCC(=O)C(N)CCOC. The molecule has 3 nitrogen and oxygen atoms in total. The highest BCUT2D eigenvalue weighted by Gasteiger charge is 2.12. The number of carbonyl (C=O) groups is 1. The molecule has 0 aromatic heterocycles. The Morgan fingerprint density at radius 3 is 2.62 bits per heavy atom. The molecule has 76 valence electrons. The number of Topliss-reactive ketones (excluding diaryl/α,β-unsaturated/α-hetero) is 1. The Morgan fingerprint density at radius 1 is 1.54 bits per heavy atom.